The average molecular weight is 263 g/mol. The minimum Gasteiger partial charge on any atom is -0.363 e. The predicted molar refractivity (Wildman–Crippen MR) is 74.1 cm³/mol. The number of aromatic nitrogens is 1. The summed E-state index contributed by atoms with van der Waals surface area (Å²) in [5, 5.41) is 2.86. The number of rotatable bonds is 4. The highest BCUT2D eigenvalue weighted by Gasteiger charge is 2.15. The molecule has 19 heavy (non-hydrogen) atoms. The van der Waals surface area contributed by atoms with Gasteiger partial charge in [0, 0.05) is 23.0 Å². The third kappa shape index (κ3) is 3.44. The van der Waals surface area contributed by atoms with Crippen molar-refractivity contribution in [3.63, 3.8) is 0 Å². The molecule has 104 valence electrons. The molecule has 2 rings (SSSR count). The first-order valence-electron chi connectivity index (χ1n) is 6.74. The summed E-state index contributed by atoms with van der Waals surface area (Å²) in [6.45, 7) is 6.42. The molecule has 1 aliphatic rings. The van der Waals surface area contributed by atoms with Crippen molar-refractivity contribution in [3.8, 4) is 0 Å². The Bertz CT molecular complexity index is 516. The predicted octanol–water partition coefficient (Wildman–Crippen LogP) is 0.704. The molecule has 0 radical (unpaired) electrons. The van der Waals surface area contributed by atoms with Gasteiger partial charge >= 0.3 is 0 Å². The topological polar surface area (TPSA) is 65.2 Å². The highest BCUT2D eigenvalue weighted by molar-refractivity contribution is 5.78. The van der Waals surface area contributed by atoms with Gasteiger partial charge in [-0.3, -0.25) is 14.5 Å². The standard InChI is InChI=1S/C14H21N3O2/c1-10-7-15-12(11(2)14(10)19)8-16-13(18)9-17-5-3-4-6-17/h7H,3-6,8-9H2,1-2H3,(H,15,19)(H,16,18). The molecule has 0 bridgehead atoms. The Morgan fingerprint density at radius 1 is 1.37 bits per heavy atom. The minimum atomic E-state index is 0.0164. The molecule has 0 aliphatic carbocycles. The van der Waals surface area contributed by atoms with E-state index in [0.29, 0.717) is 24.2 Å². The third-order valence-electron chi connectivity index (χ3n) is 3.64. The maximum atomic E-state index is 11.8. The van der Waals surface area contributed by atoms with Gasteiger partial charge in [0.05, 0.1) is 13.1 Å². The molecule has 2 heterocycles. The zero-order chi connectivity index (χ0) is 13.8. The van der Waals surface area contributed by atoms with E-state index in [-0.39, 0.29) is 11.3 Å². The zero-order valence-electron chi connectivity index (χ0n) is 11.6. The second kappa shape index (κ2) is 6.02. The minimum absolute atomic E-state index is 0.0164. The second-order valence-corrected chi connectivity index (χ2v) is 5.16. The van der Waals surface area contributed by atoms with Crippen LogP contribution in [0.5, 0.6) is 0 Å². The first-order chi connectivity index (χ1) is 9.08. The van der Waals surface area contributed by atoms with Crippen LogP contribution in [0.1, 0.15) is 29.7 Å². The van der Waals surface area contributed by atoms with Gasteiger partial charge in [-0.2, -0.15) is 0 Å². The van der Waals surface area contributed by atoms with Crippen LogP contribution in [0.3, 0.4) is 0 Å². The summed E-state index contributed by atoms with van der Waals surface area (Å²) in [6, 6.07) is 0. The van der Waals surface area contributed by atoms with Crippen LogP contribution >= 0.6 is 0 Å². The van der Waals surface area contributed by atoms with Crippen molar-refractivity contribution in [1.82, 2.24) is 15.2 Å². The quantitative estimate of drug-likeness (QED) is 0.840. The van der Waals surface area contributed by atoms with Gasteiger partial charge in [0.25, 0.3) is 0 Å². The monoisotopic (exact) mass is 263 g/mol. The van der Waals surface area contributed by atoms with Crippen molar-refractivity contribution >= 4 is 5.91 Å². The molecular weight excluding hydrogens is 242 g/mol. The number of hydrogen-bond acceptors (Lipinski definition) is 3. The Morgan fingerprint density at radius 3 is 2.74 bits per heavy atom. The number of aryl methyl sites for hydroxylation is 1. The number of carbonyl (C=O) groups is 1. The van der Waals surface area contributed by atoms with Gasteiger partial charge in [-0.05, 0) is 39.8 Å². The van der Waals surface area contributed by atoms with E-state index in [1.54, 1.807) is 20.0 Å². The molecule has 0 atom stereocenters. The summed E-state index contributed by atoms with van der Waals surface area (Å²) >= 11 is 0. The molecule has 2 N–H and O–H groups in total. The lowest BCUT2D eigenvalue weighted by molar-refractivity contribution is -0.122. The van der Waals surface area contributed by atoms with Crippen LogP contribution in [0.4, 0.5) is 0 Å². The molecule has 5 nitrogen and oxygen atoms in total. The van der Waals surface area contributed by atoms with Crippen LogP contribution in [0.2, 0.25) is 0 Å². The fourth-order valence-corrected chi connectivity index (χ4v) is 2.37. The van der Waals surface area contributed by atoms with Crippen LogP contribution in [-0.4, -0.2) is 35.4 Å². The Balaban J connectivity index is 1.89. The van der Waals surface area contributed by atoms with Crippen molar-refractivity contribution < 1.29 is 4.79 Å². The van der Waals surface area contributed by atoms with E-state index in [9.17, 15) is 9.59 Å². The van der Waals surface area contributed by atoms with Gasteiger partial charge in [0.2, 0.25) is 5.91 Å². The lowest BCUT2D eigenvalue weighted by Crippen LogP contribution is -2.35. The molecule has 1 amide bonds. The first kappa shape index (κ1) is 13.8. The SMILES string of the molecule is Cc1c[nH]c(CNC(=O)CN2CCCC2)c(C)c1=O. The highest BCUT2D eigenvalue weighted by Crippen LogP contribution is 2.06. The van der Waals surface area contributed by atoms with Crippen LogP contribution in [0.25, 0.3) is 0 Å². The van der Waals surface area contributed by atoms with Gasteiger partial charge < -0.3 is 10.3 Å². The Kier molecular flexibility index (Phi) is 4.37. The maximum absolute atomic E-state index is 11.8. The number of aromatic amines is 1. The molecule has 0 aromatic carbocycles. The molecular formula is C14H21N3O2. The van der Waals surface area contributed by atoms with Crippen molar-refractivity contribution in [2.75, 3.05) is 19.6 Å². The Hall–Kier alpha value is -1.62. The zero-order valence-corrected chi connectivity index (χ0v) is 11.6. The summed E-state index contributed by atoms with van der Waals surface area (Å²) in [5.74, 6) is 0.0164. The van der Waals surface area contributed by atoms with Crippen molar-refractivity contribution in [1.29, 1.82) is 0 Å². The van der Waals surface area contributed by atoms with Crippen molar-refractivity contribution in [3.05, 3.63) is 33.2 Å². The number of carbonyl (C=O) groups excluding carboxylic acids is 1. The lowest BCUT2D eigenvalue weighted by atomic mass is 10.1. The summed E-state index contributed by atoms with van der Waals surface area (Å²) in [6.07, 6.45) is 4.05. The van der Waals surface area contributed by atoms with E-state index in [1.807, 2.05) is 0 Å². The fraction of sp³-hybridized carbons (Fsp3) is 0.571. The van der Waals surface area contributed by atoms with E-state index >= 15 is 0 Å². The van der Waals surface area contributed by atoms with Gasteiger partial charge in [-0.1, -0.05) is 0 Å². The van der Waals surface area contributed by atoms with Crippen molar-refractivity contribution in [2.24, 2.45) is 0 Å². The number of amides is 1. The molecule has 1 saturated heterocycles. The van der Waals surface area contributed by atoms with E-state index in [4.69, 9.17) is 0 Å². The summed E-state index contributed by atoms with van der Waals surface area (Å²) in [5.41, 5.74) is 2.21. The van der Waals surface area contributed by atoms with E-state index in [1.165, 1.54) is 12.8 Å². The Morgan fingerprint density at radius 2 is 2.05 bits per heavy atom. The largest absolute Gasteiger partial charge is 0.363 e. The first-order valence-corrected chi connectivity index (χ1v) is 6.74. The number of H-pyrrole nitrogens is 1. The van der Waals surface area contributed by atoms with E-state index in [0.717, 1.165) is 18.8 Å². The number of hydrogen-bond donors (Lipinski definition) is 2. The second-order valence-electron chi connectivity index (χ2n) is 5.16. The van der Waals surface area contributed by atoms with Crippen LogP contribution in [0, 0.1) is 13.8 Å². The third-order valence-corrected chi connectivity index (χ3v) is 3.64. The van der Waals surface area contributed by atoms with Gasteiger partial charge in [0.15, 0.2) is 5.43 Å². The van der Waals surface area contributed by atoms with E-state index in [2.05, 4.69) is 15.2 Å². The molecule has 0 unspecified atom stereocenters. The van der Waals surface area contributed by atoms with Gasteiger partial charge in [-0.15, -0.1) is 0 Å². The number of likely N-dealkylation sites (tertiary alicyclic amines) is 1. The van der Waals surface area contributed by atoms with Crippen LogP contribution in [0.15, 0.2) is 11.0 Å². The lowest BCUT2D eigenvalue weighted by Gasteiger charge is -2.14. The molecule has 1 aromatic rings. The number of pyridine rings is 1. The van der Waals surface area contributed by atoms with Crippen LogP contribution in [-0.2, 0) is 11.3 Å². The molecule has 0 saturated carbocycles. The van der Waals surface area contributed by atoms with Gasteiger partial charge in [-0.25, -0.2) is 0 Å². The normalized spacial score (nSPS) is 15.7. The average Bonchev–Trinajstić information content (AvgIpc) is 2.88. The molecule has 1 fully saturated rings. The molecule has 1 aliphatic heterocycles. The molecule has 0 spiro atoms. The van der Waals surface area contributed by atoms with Crippen molar-refractivity contribution in [2.45, 2.75) is 33.2 Å². The summed E-state index contributed by atoms with van der Waals surface area (Å²) < 4.78 is 0. The Labute approximate surface area is 113 Å². The summed E-state index contributed by atoms with van der Waals surface area (Å²) in [4.78, 5) is 28.8. The molecule has 5 heteroatoms. The summed E-state index contributed by atoms with van der Waals surface area (Å²) in [7, 11) is 0. The fourth-order valence-electron chi connectivity index (χ4n) is 2.37. The van der Waals surface area contributed by atoms with E-state index < -0.39 is 0 Å². The molecule has 1 aromatic heterocycles. The smallest absolute Gasteiger partial charge is 0.234 e. The maximum Gasteiger partial charge on any atom is 0.234 e. The number of nitrogens with one attached hydrogen (secondary N) is 2. The highest BCUT2D eigenvalue weighted by atomic mass is 16.2. The van der Waals surface area contributed by atoms with Crippen LogP contribution < -0.4 is 10.7 Å². The number of nitrogens with zero attached hydrogens (tertiary/aromatic N) is 1. The van der Waals surface area contributed by atoms with Gasteiger partial charge in [0.1, 0.15) is 0 Å².